The Hall–Kier alpha value is -2.17. The minimum Gasteiger partial charge on any atom is -0.495 e. The fraction of sp³-hybridized carbons (Fsp3) is 0.100. The number of nitrogens with two attached hydrogens (primary N) is 1. The molecule has 15 heavy (non-hydrogen) atoms. The zero-order valence-corrected chi connectivity index (χ0v) is 8.21. The maximum Gasteiger partial charge on any atom is 0.146 e. The van der Waals surface area contributed by atoms with Crippen LogP contribution >= 0.6 is 0 Å². The Bertz CT molecular complexity index is 455. The van der Waals surface area contributed by atoms with Gasteiger partial charge in [-0.1, -0.05) is 0 Å². The molecule has 0 aromatic carbocycles. The highest BCUT2D eigenvalue weighted by atomic mass is 16.5. The fourth-order valence-electron chi connectivity index (χ4n) is 1.17. The van der Waals surface area contributed by atoms with Gasteiger partial charge in [0.1, 0.15) is 11.6 Å². The summed E-state index contributed by atoms with van der Waals surface area (Å²) in [5, 5.41) is 7.72. The highest BCUT2D eigenvalue weighted by Gasteiger charge is 2.01. The van der Waals surface area contributed by atoms with Crippen LogP contribution in [-0.4, -0.2) is 22.3 Å². The molecule has 0 atom stereocenters. The quantitative estimate of drug-likeness (QED) is 0.790. The van der Waals surface area contributed by atoms with Gasteiger partial charge in [0.25, 0.3) is 0 Å². The predicted octanol–water partition coefficient (Wildman–Crippen LogP) is 1.13. The Morgan fingerprint density at radius 2 is 2.07 bits per heavy atom. The molecule has 0 saturated carbocycles. The van der Waals surface area contributed by atoms with Gasteiger partial charge < -0.3 is 10.5 Å². The average molecular weight is 202 g/mol. The number of hydrogen-bond donors (Lipinski definition) is 1. The van der Waals surface area contributed by atoms with Crippen LogP contribution in [0.5, 0.6) is 5.75 Å². The number of methoxy groups -OCH3 is 1. The van der Waals surface area contributed by atoms with E-state index in [4.69, 9.17) is 10.5 Å². The molecular weight excluding hydrogens is 192 g/mol. The van der Waals surface area contributed by atoms with Gasteiger partial charge in [0.15, 0.2) is 0 Å². The van der Waals surface area contributed by atoms with Crippen LogP contribution in [0.3, 0.4) is 0 Å². The van der Waals surface area contributed by atoms with Crippen LogP contribution in [0.25, 0.3) is 11.3 Å². The van der Waals surface area contributed by atoms with Crippen molar-refractivity contribution in [2.45, 2.75) is 0 Å². The number of hydrogen-bond acceptors (Lipinski definition) is 5. The number of aromatic nitrogens is 3. The highest BCUT2D eigenvalue weighted by Crippen LogP contribution is 2.19. The number of anilines is 1. The summed E-state index contributed by atoms with van der Waals surface area (Å²) in [5.74, 6) is 1.08. The first-order chi connectivity index (χ1) is 7.29. The molecular formula is C10H10N4O. The van der Waals surface area contributed by atoms with E-state index in [2.05, 4.69) is 15.2 Å². The minimum absolute atomic E-state index is 0.398. The van der Waals surface area contributed by atoms with Gasteiger partial charge in [0.2, 0.25) is 0 Å². The van der Waals surface area contributed by atoms with E-state index >= 15 is 0 Å². The van der Waals surface area contributed by atoms with Gasteiger partial charge in [-0.2, -0.15) is 0 Å². The fourth-order valence-corrected chi connectivity index (χ4v) is 1.17. The second-order valence-electron chi connectivity index (χ2n) is 2.96. The first kappa shape index (κ1) is 9.39. The molecule has 2 N–H and O–H groups in total. The van der Waals surface area contributed by atoms with Gasteiger partial charge in [-0.15, -0.1) is 10.2 Å². The summed E-state index contributed by atoms with van der Waals surface area (Å²) >= 11 is 0. The molecule has 2 aromatic rings. The molecule has 0 saturated heterocycles. The summed E-state index contributed by atoms with van der Waals surface area (Å²) in [4.78, 5) is 4.03. The lowest BCUT2D eigenvalue weighted by atomic mass is 10.2. The van der Waals surface area contributed by atoms with Crippen molar-refractivity contribution in [2.24, 2.45) is 0 Å². The maximum absolute atomic E-state index is 5.45. The molecule has 2 rings (SSSR count). The van der Waals surface area contributed by atoms with E-state index in [1.54, 1.807) is 31.6 Å². The van der Waals surface area contributed by atoms with E-state index in [0.717, 1.165) is 11.3 Å². The summed E-state index contributed by atoms with van der Waals surface area (Å²) in [6.45, 7) is 0. The van der Waals surface area contributed by atoms with Gasteiger partial charge in [0, 0.05) is 11.8 Å². The molecule has 5 heteroatoms. The second-order valence-corrected chi connectivity index (χ2v) is 2.96. The molecule has 2 aromatic heterocycles. The van der Waals surface area contributed by atoms with Crippen LogP contribution in [0.4, 0.5) is 5.82 Å². The molecule has 0 aliphatic carbocycles. The lowest BCUT2D eigenvalue weighted by molar-refractivity contribution is 0.413. The van der Waals surface area contributed by atoms with Crippen molar-refractivity contribution in [3.63, 3.8) is 0 Å². The Balaban J connectivity index is 2.40. The van der Waals surface area contributed by atoms with E-state index in [1.807, 2.05) is 6.07 Å². The van der Waals surface area contributed by atoms with E-state index in [0.29, 0.717) is 11.6 Å². The van der Waals surface area contributed by atoms with Crippen molar-refractivity contribution in [1.29, 1.82) is 0 Å². The molecule has 0 bridgehead atoms. The van der Waals surface area contributed by atoms with Gasteiger partial charge in [0.05, 0.1) is 19.0 Å². The molecule has 0 unspecified atom stereocenters. The zero-order valence-electron chi connectivity index (χ0n) is 8.21. The van der Waals surface area contributed by atoms with Crippen molar-refractivity contribution in [1.82, 2.24) is 15.2 Å². The normalized spacial score (nSPS) is 9.93. The zero-order chi connectivity index (χ0) is 10.7. The second kappa shape index (κ2) is 3.91. The largest absolute Gasteiger partial charge is 0.495 e. The number of pyridine rings is 1. The molecule has 0 aliphatic rings. The van der Waals surface area contributed by atoms with Crippen LogP contribution in [0, 0.1) is 0 Å². The lowest BCUT2D eigenvalue weighted by Gasteiger charge is -2.02. The molecule has 0 radical (unpaired) electrons. The average Bonchev–Trinajstić information content (AvgIpc) is 2.30. The van der Waals surface area contributed by atoms with Crippen molar-refractivity contribution in [3.05, 3.63) is 30.6 Å². The van der Waals surface area contributed by atoms with Crippen LogP contribution < -0.4 is 10.5 Å². The smallest absolute Gasteiger partial charge is 0.146 e. The first-order valence-electron chi connectivity index (χ1n) is 4.38. The summed E-state index contributed by atoms with van der Waals surface area (Å²) < 4.78 is 5.06. The van der Waals surface area contributed by atoms with E-state index < -0.39 is 0 Å². The van der Waals surface area contributed by atoms with Crippen molar-refractivity contribution in [2.75, 3.05) is 12.8 Å². The summed E-state index contributed by atoms with van der Waals surface area (Å²) in [6.07, 6.45) is 3.33. The summed E-state index contributed by atoms with van der Waals surface area (Å²) in [7, 11) is 1.59. The Morgan fingerprint density at radius 3 is 2.73 bits per heavy atom. The van der Waals surface area contributed by atoms with E-state index in [-0.39, 0.29) is 0 Å². The summed E-state index contributed by atoms with van der Waals surface area (Å²) in [6, 6.07) is 5.33. The maximum atomic E-state index is 5.45. The monoisotopic (exact) mass is 202 g/mol. The number of rotatable bonds is 2. The van der Waals surface area contributed by atoms with Gasteiger partial charge in [-0.25, -0.2) is 0 Å². The van der Waals surface area contributed by atoms with E-state index in [1.165, 1.54) is 0 Å². The van der Waals surface area contributed by atoms with Crippen LogP contribution in [0.15, 0.2) is 30.6 Å². The van der Waals surface area contributed by atoms with Gasteiger partial charge in [-0.05, 0) is 18.2 Å². The van der Waals surface area contributed by atoms with Crippen molar-refractivity contribution in [3.8, 4) is 17.0 Å². The first-order valence-corrected chi connectivity index (χ1v) is 4.38. The number of ether oxygens (including phenoxy) is 1. The predicted molar refractivity (Wildman–Crippen MR) is 56.2 cm³/mol. The molecule has 76 valence electrons. The van der Waals surface area contributed by atoms with E-state index in [9.17, 15) is 0 Å². The third-order valence-electron chi connectivity index (χ3n) is 1.93. The molecule has 2 heterocycles. The third-order valence-corrected chi connectivity index (χ3v) is 1.93. The molecule has 0 aliphatic heterocycles. The lowest BCUT2D eigenvalue weighted by Crippen LogP contribution is -1.94. The van der Waals surface area contributed by atoms with Crippen molar-refractivity contribution >= 4 is 5.82 Å². The SMILES string of the molecule is COc1cncc(-c2ccc(N)nn2)c1. The Kier molecular flexibility index (Phi) is 2.45. The molecule has 0 spiro atoms. The number of nitrogen functional groups attached to an aromatic ring is 1. The topological polar surface area (TPSA) is 73.9 Å². The standard InChI is InChI=1S/C10H10N4O/c1-15-8-4-7(5-12-6-8)9-2-3-10(11)14-13-9/h2-6H,1H3,(H2,11,14). The molecule has 5 nitrogen and oxygen atoms in total. The Morgan fingerprint density at radius 1 is 1.20 bits per heavy atom. The van der Waals surface area contributed by atoms with Crippen LogP contribution in [-0.2, 0) is 0 Å². The van der Waals surface area contributed by atoms with Crippen LogP contribution in [0.2, 0.25) is 0 Å². The minimum atomic E-state index is 0.398. The van der Waals surface area contributed by atoms with Crippen molar-refractivity contribution < 1.29 is 4.74 Å². The number of nitrogens with zero attached hydrogens (tertiary/aromatic N) is 3. The molecule has 0 amide bonds. The van der Waals surface area contributed by atoms with Crippen LogP contribution in [0.1, 0.15) is 0 Å². The third kappa shape index (κ3) is 2.01. The Labute approximate surface area is 86.9 Å². The summed E-state index contributed by atoms with van der Waals surface area (Å²) in [5.41, 5.74) is 7.01. The molecule has 0 fully saturated rings. The van der Waals surface area contributed by atoms with Gasteiger partial charge in [-0.3, -0.25) is 4.98 Å². The van der Waals surface area contributed by atoms with Gasteiger partial charge >= 0.3 is 0 Å². The highest BCUT2D eigenvalue weighted by molar-refractivity contribution is 5.59.